The number of benzene rings is 1. The second-order valence-corrected chi connectivity index (χ2v) is 6.22. The van der Waals surface area contributed by atoms with E-state index < -0.39 is 0 Å². The first-order chi connectivity index (χ1) is 9.65. The monoisotopic (exact) mass is 287 g/mol. The van der Waals surface area contributed by atoms with Crippen LogP contribution in [-0.2, 0) is 0 Å². The molecule has 1 aromatic carbocycles. The van der Waals surface area contributed by atoms with Crippen LogP contribution in [0.1, 0.15) is 40.4 Å². The van der Waals surface area contributed by atoms with Gasteiger partial charge in [-0.2, -0.15) is 0 Å². The first-order valence-electron chi connectivity index (χ1n) is 6.78. The maximum absolute atomic E-state index is 12.3. The molecule has 0 unspecified atom stereocenters. The summed E-state index contributed by atoms with van der Waals surface area (Å²) in [6.45, 7) is 3.98. The van der Waals surface area contributed by atoms with Gasteiger partial charge < -0.3 is 4.57 Å². The van der Waals surface area contributed by atoms with Gasteiger partial charge in [0.05, 0.1) is 5.75 Å². The lowest BCUT2D eigenvalue weighted by Gasteiger charge is -2.07. The number of hydrogen-bond donors (Lipinski definition) is 0. The van der Waals surface area contributed by atoms with Crippen molar-refractivity contribution < 1.29 is 4.79 Å². The first-order valence-corrected chi connectivity index (χ1v) is 7.76. The van der Waals surface area contributed by atoms with E-state index in [1.807, 2.05) is 32.0 Å². The highest BCUT2D eigenvalue weighted by molar-refractivity contribution is 7.99. The molecular formula is C15H17N3OS. The van der Waals surface area contributed by atoms with Gasteiger partial charge in [-0.25, -0.2) is 0 Å². The van der Waals surface area contributed by atoms with Gasteiger partial charge in [-0.05, 0) is 38.3 Å². The number of Topliss-reactive ketones (excluding diaryl/α,β-unsaturated/α-hetero) is 1. The van der Waals surface area contributed by atoms with Crippen LogP contribution in [-0.4, -0.2) is 26.3 Å². The van der Waals surface area contributed by atoms with Crippen molar-refractivity contribution in [3.8, 4) is 0 Å². The fraction of sp³-hybridized carbons (Fsp3) is 0.400. The third-order valence-corrected chi connectivity index (χ3v) is 4.46. The Hall–Kier alpha value is -1.62. The Morgan fingerprint density at radius 1 is 1.40 bits per heavy atom. The van der Waals surface area contributed by atoms with E-state index >= 15 is 0 Å². The van der Waals surface area contributed by atoms with Gasteiger partial charge in [-0.3, -0.25) is 4.79 Å². The lowest BCUT2D eigenvalue weighted by atomic mass is 10.0. The zero-order chi connectivity index (χ0) is 14.1. The predicted octanol–water partition coefficient (Wildman–Crippen LogP) is 3.20. The van der Waals surface area contributed by atoms with Crippen molar-refractivity contribution in [3.05, 3.63) is 41.2 Å². The average Bonchev–Trinajstić information content (AvgIpc) is 3.18. The first kappa shape index (κ1) is 13.4. The molecule has 0 bridgehead atoms. The Balaban J connectivity index is 1.70. The predicted molar refractivity (Wildman–Crippen MR) is 79.3 cm³/mol. The highest BCUT2D eigenvalue weighted by Crippen LogP contribution is 2.37. The van der Waals surface area contributed by atoms with Crippen LogP contribution in [0, 0.1) is 13.8 Å². The minimum absolute atomic E-state index is 0.154. The number of carbonyl (C=O) groups excluding carboxylic acids is 1. The largest absolute Gasteiger partial charge is 0.306 e. The number of nitrogens with zero attached hydrogens (tertiary/aromatic N) is 3. The fourth-order valence-electron chi connectivity index (χ4n) is 2.18. The van der Waals surface area contributed by atoms with Crippen molar-refractivity contribution in [1.29, 1.82) is 0 Å². The fourth-order valence-corrected chi connectivity index (χ4v) is 3.05. The highest BCUT2D eigenvalue weighted by atomic mass is 32.2. The normalized spacial score (nSPS) is 14.5. The van der Waals surface area contributed by atoms with Crippen LogP contribution >= 0.6 is 11.8 Å². The van der Waals surface area contributed by atoms with Crippen LogP contribution in [0.2, 0.25) is 0 Å². The lowest BCUT2D eigenvalue weighted by Crippen LogP contribution is -2.06. The molecule has 2 aromatic rings. The summed E-state index contributed by atoms with van der Waals surface area (Å²) in [6, 6.07) is 6.54. The van der Waals surface area contributed by atoms with Crippen LogP contribution in [0.15, 0.2) is 29.7 Å². The van der Waals surface area contributed by atoms with E-state index in [2.05, 4.69) is 14.8 Å². The summed E-state index contributed by atoms with van der Waals surface area (Å²) in [5.74, 6) is 0.567. The van der Waals surface area contributed by atoms with Gasteiger partial charge in [-0.1, -0.05) is 29.5 Å². The molecule has 1 aliphatic rings. The van der Waals surface area contributed by atoms with Crippen LogP contribution < -0.4 is 0 Å². The Morgan fingerprint density at radius 3 is 2.95 bits per heavy atom. The molecule has 0 radical (unpaired) electrons. The zero-order valence-corrected chi connectivity index (χ0v) is 12.5. The Kier molecular flexibility index (Phi) is 3.61. The molecule has 1 saturated carbocycles. The van der Waals surface area contributed by atoms with Crippen molar-refractivity contribution in [2.75, 3.05) is 5.75 Å². The number of aryl methyl sites for hydroxylation is 2. The molecule has 1 aromatic heterocycles. The summed E-state index contributed by atoms with van der Waals surface area (Å²) in [6.07, 6.45) is 4.15. The maximum atomic E-state index is 12.3. The van der Waals surface area contributed by atoms with Crippen molar-refractivity contribution in [1.82, 2.24) is 14.8 Å². The molecule has 1 heterocycles. The summed E-state index contributed by atoms with van der Waals surface area (Å²) < 4.78 is 2.08. The van der Waals surface area contributed by atoms with Gasteiger partial charge in [0.2, 0.25) is 0 Å². The second-order valence-electron chi connectivity index (χ2n) is 5.28. The summed E-state index contributed by atoms with van der Waals surface area (Å²) in [7, 11) is 0. The quantitative estimate of drug-likeness (QED) is 0.626. The molecule has 0 atom stereocenters. The molecule has 0 N–H and O–H groups in total. The van der Waals surface area contributed by atoms with Crippen molar-refractivity contribution >= 4 is 17.5 Å². The van der Waals surface area contributed by atoms with E-state index in [1.54, 1.807) is 6.33 Å². The molecule has 5 heteroatoms. The number of hydrogen-bond acceptors (Lipinski definition) is 4. The number of thioether (sulfide) groups is 1. The summed E-state index contributed by atoms with van der Waals surface area (Å²) in [4.78, 5) is 12.3. The van der Waals surface area contributed by atoms with E-state index in [0.29, 0.717) is 11.8 Å². The molecule has 1 fully saturated rings. The van der Waals surface area contributed by atoms with E-state index in [0.717, 1.165) is 21.8 Å². The minimum atomic E-state index is 0.154. The molecular weight excluding hydrogens is 270 g/mol. The molecule has 0 amide bonds. The van der Waals surface area contributed by atoms with E-state index in [4.69, 9.17) is 0 Å². The topological polar surface area (TPSA) is 47.8 Å². The number of carbonyl (C=O) groups is 1. The van der Waals surface area contributed by atoms with E-state index in [-0.39, 0.29) is 5.78 Å². The lowest BCUT2D eigenvalue weighted by molar-refractivity contribution is 0.102. The molecule has 20 heavy (non-hydrogen) atoms. The van der Waals surface area contributed by atoms with Gasteiger partial charge in [-0.15, -0.1) is 10.2 Å². The van der Waals surface area contributed by atoms with E-state index in [9.17, 15) is 4.79 Å². The standard InChI is InChI=1S/C15H17N3OS/c1-10-3-4-11(2)13(7-10)14(19)8-20-15-17-16-9-18(15)12-5-6-12/h3-4,7,9,12H,5-6,8H2,1-2H3. The molecule has 0 spiro atoms. The summed E-state index contributed by atoms with van der Waals surface area (Å²) in [5, 5.41) is 8.91. The maximum Gasteiger partial charge on any atom is 0.191 e. The van der Waals surface area contributed by atoms with Crippen molar-refractivity contribution in [2.45, 2.75) is 37.9 Å². The van der Waals surface area contributed by atoms with Gasteiger partial charge in [0, 0.05) is 11.6 Å². The van der Waals surface area contributed by atoms with Crippen molar-refractivity contribution in [3.63, 3.8) is 0 Å². The minimum Gasteiger partial charge on any atom is -0.306 e. The van der Waals surface area contributed by atoms with Crippen molar-refractivity contribution in [2.24, 2.45) is 0 Å². The van der Waals surface area contributed by atoms with Crippen LogP contribution in [0.4, 0.5) is 0 Å². The summed E-state index contributed by atoms with van der Waals surface area (Å²) >= 11 is 1.48. The highest BCUT2D eigenvalue weighted by Gasteiger charge is 2.26. The van der Waals surface area contributed by atoms with Crippen LogP contribution in [0.5, 0.6) is 0 Å². The molecule has 1 aliphatic carbocycles. The van der Waals surface area contributed by atoms with Gasteiger partial charge in [0.1, 0.15) is 6.33 Å². The molecule has 104 valence electrons. The second kappa shape index (κ2) is 5.40. The summed E-state index contributed by atoms with van der Waals surface area (Å²) in [5.41, 5.74) is 2.96. The Labute approximate surface area is 122 Å². The third-order valence-electron chi connectivity index (χ3n) is 3.51. The average molecular weight is 287 g/mol. The number of aromatic nitrogens is 3. The third kappa shape index (κ3) is 2.77. The molecule has 4 nitrogen and oxygen atoms in total. The smallest absolute Gasteiger partial charge is 0.191 e. The Morgan fingerprint density at radius 2 is 2.20 bits per heavy atom. The number of ketones is 1. The van der Waals surface area contributed by atoms with Gasteiger partial charge >= 0.3 is 0 Å². The Bertz CT molecular complexity index is 646. The van der Waals surface area contributed by atoms with Gasteiger partial charge in [0.25, 0.3) is 0 Å². The SMILES string of the molecule is Cc1ccc(C)c(C(=O)CSc2nncn2C2CC2)c1. The van der Waals surface area contributed by atoms with E-state index in [1.165, 1.54) is 24.6 Å². The van der Waals surface area contributed by atoms with Crippen LogP contribution in [0.3, 0.4) is 0 Å². The zero-order valence-electron chi connectivity index (χ0n) is 11.7. The van der Waals surface area contributed by atoms with Crippen LogP contribution in [0.25, 0.3) is 0 Å². The number of rotatable bonds is 5. The molecule has 3 rings (SSSR count). The molecule has 0 saturated heterocycles. The van der Waals surface area contributed by atoms with Gasteiger partial charge in [0.15, 0.2) is 10.9 Å². The molecule has 0 aliphatic heterocycles.